The summed E-state index contributed by atoms with van der Waals surface area (Å²) in [4.78, 5) is 11.9. The van der Waals surface area contributed by atoms with Gasteiger partial charge in [-0.05, 0) is 24.3 Å². The summed E-state index contributed by atoms with van der Waals surface area (Å²) in [7, 11) is 1.29. The van der Waals surface area contributed by atoms with E-state index in [1.165, 1.54) is 25.3 Å². The minimum absolute atomic E-state index is 0.170. The van der Waals surface area contributed by atoms with E-state index in [9.17, 15) is 9.18 Å². The highest BCUT2D eigenvalue weighted by molar-refractivity contribution is 6.31. The average molecular weight is 294 g/mol. The molecular weight excluding hydrogens is 281 g/mol. The number of anilines is 1. The number of carbonyl (C=O) groups excluding carboxylic acids is 1. The fourth-order valence-electron chi connectivity index (χ4n) is 1.82. The van der Waals surface area contributed by atoms with Gasteiger partial charge in [0.2, 0.25) is 0 Å². The van der Waals surface area contributed by atoms with Crippen molar-refractivity contribution in [2.24, 2.45) is 0 Å². The second-order valence-electron chi connectivity index (χ2n) is 4.13. The lowest BCUT2D eigenvalue weighted by Crippen LogP contribution is -2.22. The number of halogens is 2. The summed E-state index contributed by atoms with van der Waals surface area (Å²) in [5, 5.41) is 3.20. The number of para-hydroxylation sites is 1. The molecule has 0 radical (unpaired) electrons. The minimum Gasteiger partial charge on any atom is -0.467 e. The highest BCUT2D eigenvalue weighted by atomic mass is 35.5. The van der Waals surface area contributed by atoms with Crippen LogP contribution in [0.25, 0.3) is 0 Å². The van der Waals surface area contributed by atoms with Crippen molar-refractivity contribution < 1.29 is 13.9 Å². The van der Waals surface area contributed by atoms with E-state index in [0.717, 1.165) is 5.69 Å². The van der Waals surface area contributed by atoms with Crippen molar-refractivity contribution in [3.05, 3.63) is 64.9 Å². The van der Waals surface area contributed by atoms with Crippen LogP contribution in [-0.2, 0) is 9.53 Å². The predicted molar refractivity (Wildman–Crippen MR) is 76.2 cm³/mol. The smallest absolute Gasteiger partial charge is 0.333 e. The van der Waals surface area contributed by atoms with E-state index < -0.39 is 17.8 Å². The van der Waals surface area contributed by atoms with Crippen molar-refractivity contribution in [2.75, 3.05) is 12.4 Å². The number of rotatable bonds is 4. The molecule has 0 fully saturated rings. The Morgan fingerprint density at radius 1 is 1.25 bits per heavy atom. The molecule has 0 saturated heterocycles. The van der Waals surface area contributed by atoms with E-state index >= 15 is 0 Å². The van der Waals surface area contributed by atoms with Gasteiger partial charge in [-0.3, -0.25) is 0 Å². The molecule has 2 rings (SSSR count). The van der Waals surface area contributed by atoms with Crippen molar-refractivity contribution in [1.29, 1.82) is 0 Å². The number of carbonyl (C=O) groups is 1. The molecule has 1 unspecified atom stereocenters. The van der Waals surface area contributed by atoms with E-state index in [1.54, 1.807) is 0 Å². The summed E-state index contributed by atoms with van der Waals surface area (Å²) in [5.41, 5.74) is 1.20. The van der Waals surface area contributed by atoms with Gasteiger partial charge in [0, 0.05) is 16.3 Å². The second kappa shape index (κ2) is 6.39. The van der Waals surface area contributed by atoms with Crippen molar-refractivity contribution in [3.63, 3.8) is 0 Å². The minimum atomic E-state index is -0.796. The molecule has 2 aromatic carbocycles. The standard InChI is InChI=1S/C15H13ClFNO2/c1-20-15(19)14(18-11-5-3-2-4-6-11)12-8-7-10(17)9-13(12)16/h2-9,14,18H,1H3. The van der Waals surface area contributed by atoms with Gasteiger partial charge in [0.15, 0.2) is 6.04 Å². The molecule has 3 nitrogen and oxygen atoms in total. The van der Waals surface area contributed by atoms with Crippen LogP contribution in [0.3, 0.4) is 0 Å². The molecule has 1 atom stereocenters. The Hall–Kier alpha value is -2.07. The van der Waals surface area contributed by atoms with E-state index in [0.29, 0.717) is 5.56 Å². The maximum atomic E-state index is 13.1. The first-order chi connectivity index (χ1) is 9.61. The van der Waals surface area contributed by atoms with Gasteiger partial charge in [-0.1, -0.05) is 35.9 Å². The molecule has 5 heteroatoms. The third-order valence-corrected chi connectivity index (χ3v) is 3.12. The zero-order valence-electron chi connectivity index (χ0n) is 10.8. The first-order valence-electron chi connectivity index (χ1n) is 5.96. The molecule has 0 aliphatic heterocycles. The Morgan fingerprint density at radius 3 is 2.55 bits per heavy atom. The molecule has 20 heavy (non-hydrogen) atoms. The summed E-state index contributed by atoms with van der Waals surface area (Å²) in [6, 6.07) is 12.3. The lowest BCUT2D eigenvalue weighted by atomic mass is 10.1. The fraction of sp³-hybridized carbons (Fsp3) is 0.133. The molecule has 0 amide bonds. The molecule has 104 valence electrons. The van der Waals surface area contributed by atoms with E-state index in [-0.39, 0.29) is 5.02 Å². The van der Waals surface area contributed by atoms with Crippen molar-refractivity contribution >= 4 is 23.3 Å². The first kappa shape index (κ1) is 14.3. The van der Waals surface area contributed by atoms with Crippen LogP contribution in [0.1, 0.15) is 11.6 Å². The largest absolute Gasteiger partial charge is 0.467 e. The zero-order valence-corrected chi connectivity index (χ0v) is 11.5. The Bertz CT molecular complexity index is 604. The van der Waals surface area contributed by atoms with E-state index in [2.05, 4.69) is 5.32 Å². The summed E-state index contributed by atoms with van der Waals surface area (Å²) in [6.07, 6.45) is 0. The maximum Gasteiger partial charge on any atom is 0.333 e. The summed E-state index contributed by atoms with van der Waals surface area (Å²) < 4.78 is 17.9. The Kier molecular flexibility index (Phi) is 4.58. The number of methoxy groups -OCH3 is 1. The molecular formula is C15H13ClFNO2. The lowest BCUT2D eigenvalue weighted by Gasteiger charge is -2.19. The van der Waals surface area contributed by atoms with Crippen LogP contribution in [-0.4, -0.2) is 13.1 Å². The van der Waals surface area contributed by atoms with Gasteiger partial charge in [0.1, 0.15) is 5.82 Å². The molecule has 0 heterocycles. The highest BCUT2D eigenvalue weighted by Crippen LogP contribution is 2.27. The number of hydrogen-bond donors (Lipinski definition) is 1. The molecule has 0 bridgehead atoms. The summed E-state index contributed by atoms with van der Waals surface area (Å²) >= 11 is 6.00. The molecule has 0 aliphatic carbocycles. The quantitative estimate of drug-likeness (QED) is 0.871. The monoisotopic (exact) mass is 293 g/mol. The molecule has 0 saturated carbocycles. The number of nitrogens with one attached hydrogen (secondary N) is 1. The first-order valence-corrected chi connectivity index (χ1v) is 6.34. The highest BCUT2D eigenvalue weighted by Gasteiger charge is 2.23. The van der Waals surface area contributed by atoms with E-state index in [1.807, 2.05) is 30.3 Å². The van der Waals surface area contributed by atoms with E-state index in [4.69, 9.17) is 16.3 Å². The predicted octanol–water partition coefficient (Wildman–Crippen LogP) is 3.81. The van der Waals surface area contributed by atoms with Crippen LogP contribution in [0.15, 0.2) is 48.5 Å². The SMILES string of the molecule is COC(=O)C(Nc1ccccc1)c1ccc(F)cc1Cl. The molecule has 0 aliphatic rings. The van der Waals surface area contributed by atoms with Crippen LogP contribution in [0, 0.1) is 5.82 Å². The fourth-order valence-corrected chi connectivity index (χ4v) is 2.09. The number of ether oxygens (including phenoxy) is 1. The molecule has 0 spiro atoms. The van der Waals surface area contributed by atoms with Crippen LogP contribution in [0.5, 0.6) is 0 Å². The summed E-state index contributed by atoms with van der Waals surface area (Å²) in [5.74, 6) is -0.954. The number of benzene rings is 2. The average Bonchev–Trinajstić information content (AvgIpc) is 2.46. The van der Waals surface area contributed by atoms with Gasteiger partial charge >= 0.3 is 5.97 Å². The Labute approximate surface area is 121 Å². The summed E-state index contributed by atoms with van der Waals surface area (Å²) in [6.45, 7) is 0. The van der Waals surface area contributed by atoms with Gasteiger partial charge in [0.25, 0.3) is 0 Å². The van der Waals surface area contributed by atoms with Crippen molar-refractivity contribution in [2.45, 2.75) is 6.04 Å². The topological polar surface area (TPSA) is 38.3 Å². The Balaban J connectivity index is 2.35. The van der Waals surface area contributed by atoms with Gasteiger partial charge in [-0.15, -0.1) is 0 Å². The molecule has 2 aromatic rings. The van der Waals surface area contributed by atoms with Crippen LogP contribution >= 0.6 is 11.6 Å². The third-order valence-electron chi connectivity index (χ3n) is 2.80. The lowest BCUT2D eigenvalue weighted by molar-refractivity contribution is -0.141. The van der Waals surface area contributed by atoms with Crippen molar-refractivity contribution in [1.82, 2.24) is 0 Å². The van der Waals surface area contributed by atoms with Gasteiger partial charge in [0.05, 0.1) is 7.11 Å². The Morgan fingerprint density at radius 2 is 1.95 bits per heavy atom. The normalized spacial score (nSPS) is 11.8. The van der Waals surface area contributed by atoms with Crippen LogP contribution in [0.4, 0.5) is 10.1 Å². The third kappa shape index (κ3) is 3.27. The number of hydrogen-bond acceptors (Lipinski definition) is 3. The second-order valence-corrected chi connectivity index (χ2v) is 4.54. The van der Waals surface area contributed by atoms with Crippen LogP contribution in [0.2, 0.25) is 5.02 Å². The van der Waals surface area contributed by atoms with Gasteiger partial charge in [-0.25, -0.2) is 9.18 Å². The van der Waals surface area contributed by atoms with Crippen molar-refractivity contribution in [3.8, 4) is 0 Å². The van der Waals surface area contributed by atoms with Crippen LogP contribution < -0.4 is 5.32 Å². The van der Waals surface area contributed by atoms with Gasteiger partial charge in [-0.2, -0.15) is 0 Å². The molecule has 1 N–H and O–H groups in total. The molecule has 0 aromatic heterocycles. The zero-order chi connectivity index (χ0) is 14.5. The maximum absolute atomic E-state index is 13.1. The van der Waals surface area contributed by atoms with Gasteiger partial charge < -0.3 is 10.1 Å². The number of esters is 1.